The fraction of sp³-hybridized carbons (Fsp3) is 0.133. The molecule has 2 aromatic rings. The Bertz CT molecular complexity index is 722. The number of nitrogens with two attached hydrogens (primary N) is 1. The normalized spacial score (nSPS) is 16.0. The Morgan fingerprint density at radius 2 is 1.43 bits per heavy atom. The van der Waals surface area contributed by atoms with Gasteiger partial charge in [0.2, 0.25) is 5.66 Å². The average Bonchev–Trinajstić information content (AvgIpc) is 3.29. The van der Waals surface area contributed by atoms with E-state index in [-0.39, 0.29) is 5.56 Å². The van der Waals surface area contributed by atoms with Gasteiger partial charge in [0, 0.05) is 5.69 Å². The smallest absolute Gasteiger partial charge is 0.351 e. The Kier molecular flexibility index (Phi) is 3.50. The average molecular weight is 322 g/mol. The highest BCUT2D eigenvalue weighted by Gasteiger charge is 2.65. The zero-order valence-corrected chi connectivity index (χ0v) is 11.7. The topological polar surface area (TPSA) is 99.0 Å². The number of carbonyl (C=O) groups excluding carboxylic acids is 1. The van der Waals surface area contributed by atoms with E-state index < -0.39 is 17.9 Å². The maximum Gasteiger partial charge on any atom is 0.426 e. The van der Waals surface area contributed by atoms with Gasteiger partial charge in [0.15, 0.2) is 0 Å². The highest BCUT2D eigenvalue weighted by Crippen LogP contribution is 2.42. The molecule has 1 fully saturated rings. The van der Waals surface area contributed by atoms with Gasteiger partial charge < -0.3 is 11.1 Å². The van der Waals surface area contributed by atoms with Crippen LogP contribution in [0, 0.1) is 0 Å². The molecule has 8 heteroatoms. The van der Waals surface area contributed by atoms with Gasteiger partial charge in [-0.05, 0) is 28.8 Å². The molecule has 0 atom stereocenters. The van der Waals surface area contributed by atoms with E-state index in [1.165, 1.54) is 12.1 Å². The molecule has 2 aromatic carbocycles. The van der Waals surface area contributed by atoms with Crippen LogP contribution in [0.4, 0.5) is 23.7 Å². The van der Waals surface area contributed by atoms with Gasteiger partial charge in [-0.3, -0.25) is 0 Å². The van der Waals surface area contributed by atoms with E-state index in [1.807, 2.05) is 0 Å². The summed E-state index contributed by atoms with van der Waals surface area (Å²) in [6, 6.07) is 12.2. The number of carbonyl (C=O) groups is 1. The number of primary amides is 1. The van der Waals surface area contributed by atoms with Gasteiger partial charge in [-0.15, -0.1) is 0 Å². The summed E-state index contributed by atoms with van der Waals surface area (Å²) in [4.78, 5) is 10.7. The Morgan fingerprint density at radius 1 is 0.957 bits per heavy atom. The van der Waals surface area contributed by atoms with Crippen LogP contribution in [-0.2, 0) is 5.66 Å². The second-order valence-electron chi connectivity index (χ2n) is 5.14. The van der Waals surface area contributed by atoms with Crippen LogP contribution in [0.2, 0.25) is 0 Å². The van der Waals surface area contributed by atoms with Crippen LogP contribution in [0.25, 0.3) is 11.1 Å². The van der Waals surface area contributed by atoms with Crippen molar-refractivity contribution >= 4 is 11.7 Å². The highest BCUT2D eigenvalue weighted by atomic mass is 19.4. The highest BCUT2D eigenvalue weighted by molar-refractivity contribution is 5.88. The van der Waals surface area contributed by atoms with E-state index in [4.69, 9.17) is 5.73 Å². The maximum atomic E-state index is 13.0. The number of benzene rings is 2. The van der Waals surface area contributed by atoms with Gasteiger partial charge in [0.25, 0.3) is 0 Å². The molecule has 0 aliphatic carbocycles. The summed E-state index contributed by atoms with van der Waals surface area (Å²) in [7, 11) is 0. The SMILES string of the molecule is NC(=O)Nc1ccc(-c2ccc(C3(C(F)(F)F)NN3)cc2)cc1. The number of nitrogens with one attached hydrogen (secondary N) is 3. The Morgan fingerprint density at radius 3 is 1.83 bits per heavy atom. The third-order valence-corrected chi connectivity index (χ3v) is 3.60. The lowest BCUT2D eigenvalue weighted by atomic mass is 9.99. The third-order valence-electron chi connectivity index (χ3n) is 3.60. The van der Waals surface area contributed by atoms with Crippen molar-refractivity contribution in [1.29, 1.82) is 0 Å². The minimum atomic E-state index is -4.42. The van der Waals surface area contributed by atoms with Crippen LogP contribution in [-0.4, -0.2) is 12.2 Å². The first-order valence-electron chi connectivity index (χ1n) is 6.70. The molecule has 0 bridgehead atoms. The van der Waals surface area contributed by atoms with Crippen LogP contribution in [0.5, 0.6) is 0 Å². The first-order chi connectivity index (χ1) is 10.8. The van der Waals surface area contributed by atoms with E-state index in [1.54, 1.807) is 36.4 Å². The first kappa shape index (κ1) is 15.3. The summed E-state index contributed by atoms with van der Waals surface area (Å²) in [6.07, 6.45) is -4.42. The lowest BCUT2D eigenvalue weighted by Crippen LogP contribution is -2.34. The molecule has 1 heterocycles. The van der Waals surface area contributed by atoms with Crippen molar-refractivity contribution in [3.63, 3.8) is 0 Å². The molecule has 2 amide bonds. The van der Waals surface area contributed by atoms with Crippen LogP contribution in [0.1, 0.15) is 5.56 Å². The third kappa shape index (κ3) is 2.86. The molecule has 0 saturated carbocycles. The fourth-order valence-corrected chi connectivity index (χ4v) is 2.31. The quantitative estimate of drug-likeness (QED) is 0.654. The zero-order valence-electron chi connectivity index (χ0n) is 11.7. The Balaban J connectivity index is 1.81. The first-order valence-corrected chi connectivity index (χ1v) is 6.70. The molecule has 23 heavy (non-hydrogen) atoms. The summed E-state index contributed by atoms with van der Waals surface area (Å²) in [5.41, 5.74) is 9.40. The maximum absolute atomic E-state index is 13.0. The summed E-state index contributed by atoms with van der Waals surface area (Å²) in [6.45, 7) is 0. The number of urea groups is 1. The molecule has 120 valence electrons. The van der Waals surface area contributed by atoms with Crippen LogP contribution >= 0.6 is 0 Å². The van der Waals surface area contributed by atoms with Gasteiger partial charge in [-0.2, -0.15) is 13.2 Å². The minimum Gasteiger partial charge on any atom is -0.351 e. The molecular formula is C15H13F3N4O. The Labute approximate surface area is 129 Å². The molecular weight excluding hydrogens is 309 g/mol. The molecule has 0 unspecified atom stereocenters. The van der Waals surface area contributed by atoms with E-state index in [2.05, 4.69) is 16.2 Å². The monoisotopic (exact) mass is 322 g/mol. The summed E-state index contributed by atoms with van der Waals surface area (Å²) < 4.78 is 39.0. The molecule has 1 saturated heterocycles. The number of alkyl halides is 3. The van der Waals surface area contributed by atoms with Crippen molar-refractivity contribution in [3.8, 4) is 11.1 Å². The predicted octanol–water partition coefficient (Wildman–Crippen LogP) is 2.67. The van der Waals surface area contributed by atoms with Gasteiger partial charge in [-0.25, -0.2) is 15.6 Å². The van der Waals surface area contributed by atoms with E-state index in [9.17, 15) is 18.0 Å². The predicted molar refractivity (Wildman–Crippen MR) is 79.1 cm³/mol. The second-order valence-corrected chi connectivity index (χ2v) is 5.14. The molecule has 5 nitrogen and oxygen atoms in total. The van der Waals surface area contributed by atoms with Crippen molar-refractivity contribution in [2.75, 3.05) is 5.32 Å². The number of halogens is 3. The molecule has 0 radical (unpaired) electrons. The van der Waals surface area contributed by atoms with Crippen molar-refractivity contribution in [2.45, 2.75) is 11.8 Å². The number of rotatable bonds is 3. The van der Waals surface area contributed by atoms with Crippen LogP contribution in [0.3, 0.4) is 0 Å². The number of hydrogen-bond acceptors (Lipinski definition) is 3. The van der Waals surface area contributed by atoms with Gasteiger partial charge in [-0.1, -0.05) is 36.4 Å². The molecule has 1 aliphatic heterocycles. The van der Waals surface area contributed by atoms with Crippen molar-refractivity contribution in [2.24, 2.45) is 5.73 Å². The number of amides is 2. The number of hydrogen-bond donors (Lipinski definition) is 4. The number of hydrazine groups is 1. The minimum absolute atomic E-state index is 0.0979. The standard InChI is InChI=1S/C15H13F3N4O/c16-15(17,18)14(21-22-14)11-5-1-9(2-6-11)10-3-7-12(8-4-10)20-13(19)23/h1-8,21-22H,(H3,19,20,23). The van der Waals surface area contributed by atoms with E-state index >= 15 is 0 Å². The largest absolute Gasteiger partial charge is 0.426 e. The van der Waals surface area contributed by atoms with Crippen molar-refractivity contribution < 1.29 is 18.0 Å². The molecule has 0 aromatic heterocycles. The zero-order chi connectivity index (χ0) is 16.7. The molecule has 3 rings (SSSR count). The van der Waals surface area contributed by atoms with Gasteiger partial charge >= 0.3 is 12.2 Å². The van der Waals surface area contributed by atoms with Crippen LogP contribution < -0.4 is 21.9 Å². The Hall–Kier alpha value is -2.58. The van der Waals surface area contributed by atoms with E-state index in [0.29, 0.717) is 5.69 Å². The molecule has 1 aliphatic rings. The lowest BCUT2D eigenvalue weighted by Gasteiger charge is -2.16. The molecule has 5 N–H and O–H groups in total. The van der Waals surface area contributed by atoms with Gasteiger partial charge in [0.1, 0.15) is 0 Å². The van der Waals surface area contributed by atoms with E-state index in [0.717, 1.165) is 11.1 Å². The lowest BCUT2D eigenvalue weighted by molar-refractivity contribution is -0.165. The van der Waals surface area contributed by atoms with Crippen molar-refractivity contribution in [1.82, 2.24) is 10.9 Å². The van der Waals surface area contributed by atoms with Crippen molar-refractivity contribution in [3.05, 3.63) is 54.1 Å². The van der Waals surface area contributed by atoms with Crippen LogP contribution in [0.15, 0.2) is 48.5 Å². The summed E-state index contributed by atoms with van der Waals surface area (Å²) in [5, 5.41) is 2.43. The summed E-state index contributed by atoms with van der Waals surface area (Å²) >= 11 is 0. The van der Waals surface area contributed by atoms with Gasteiger partial charge in [0.05, 0.1) is 0 Å². The molecule has 0 spiro atoms. The summed E-state index contributed by atoms with van der Waals surface area (Å²) in [5.74, 6) is 0. The number of anilines is 1. The second kappa shape index (κ2) is 5.25. The fourth-order valence-electron chi connectivity index (χ4n) is 2.31.